The van der Waals surface area contributed by atoms with Crippen LogP contribution in [0.1, 0.15) is 58.5 Å². The lowest BCUT2D eigenvalue weighted by molar-refractivity contribution is -0.129. The summed E-state index contributed by atoms with van der Waals surface area (Å²) in [5.74, 6) is -0.568. The van der Waals surface area contributed by atoms with Gasteiger partial charge in [-0.25, -0.2) is 9.59 Å². The Balaban J connectivity index is 1.77. The summed E-state index contributed by atoms with van der Waals surface area (Å²) in [6, 6.07) is 9.98. The number of urea groups is 1. The molecule has 0 saturated carbocycles. The summed E-state index contributed by atoms with van der Waals surface area (Å²) in [6.45, 7) is 4.32. The first-order valence-corrected chi connectivity index (χ1v) is 10.8. The summed E-state index contributed by atoms with van der Waals surface area (Å²) in [5.41, 5.74) is 1.72. The smallest absolute Gasteiger partial charge is 0.349 e. The zero-order chi connectivity index (χ0) is 20.8. The number of aryl methyl sites for hydroxylation is 1. The number of esters is 1. The molecule has 7 heteroatoms. The number of ether oxygens (including phenoxy) is 1. The van der Waals surface area contributed by atoms with E-state index < -0.39 is 24.0 Å². The standard InChI is InChI=1S/C22H26N2O4S/c1-3-14-10-11-17-16(12-14)13-18(29-17)21(26)28-19(15-8-6-5-7-9-15)20(25)24-22(27)23-4-2/h5-9,13-14,19H,3-4,10-12H2,1-2H3,(H2,23,24,25,27)/t14-,19-/m1/s1. The van der Waals surface area contributed by atoms with Crippen LogP contribution < -0.4 is 10.6 Å². The number of thiophene rings is 1. The van der Waals surface area contributed by atoms with Gasteiger partial charge in [0.05, 0.1) is 0 Å². The summed E-state index contributed by atoms with van der Waals surface area (Å²) >= 11 is 1.44. The first-order valence-electron chi connectivity index (χ1n) is 9.98. The quantitative estimate of drug-likeness (QED) is 0.700. The summed E-state index contributed by atoms with van der Waals surface area (Å²) in [6.07, 6.45) is 3.03. The third kappa shape index (κ3) is 5.23. The molecule has 3 rings (SSSR count). The molecule has 0 unspecified atom stereocenters. The van der Waals surface area contributed by atoms with E-state index >= 15 is 0 Å². The average molecular weight is 415 g/mol. The van der Waals surface area contributed by atoms with E-state index in [0.717, 1.165) is 25.7 Å². The van der Waals surface area contributed by atoms with Crippen LogP contribution in [-0.2, 0) is 22.4 Å². The SMILES string of the molecule is CCNC(=O)NC(=O)[C@H](OC(=O)c1cc2c(s1)CC[C@@H](CC)C2)c1ccccc1. The highest BCUT2D eigenvalue weighted by Crippen LogP contribution is 2.34. The van der Waals surface area contributed by atoms with Crippen LogP contribution in [0, 0.1) is 5.92 Å². The van der Waals surface area contributed by atoms with E-state index in [0.29, 0.717) is 22.9 Å². The number of benzene rings is 1. The molecule has 1 aliphatic carbocycles. The average Bonchev–Trinajstić information content (AvgIpc) is 3.16. The fourth-order valence-corrected chi connectivity index (χ4v) is 4.59. The Hall–Kier alpha value is -2.67. The fourth-order valence-electron chi connectivity index (χ4n) is 3.50. The number of nitrogens with one attached hydrogen (secondary N) is 2. The van der Waals surface area contributed by atoms with Crippen LogP contribution in [0.5, 0.6) is 0 Å². The van der Waals surface area contributed by atoms with Gasteiger partial charge < -0.3 is 10.1 Å². The van der Waals surface area contributed by atoms with E-state index in [1.165, 1.54) is 21.8 Å². The van der Waals surface area contributed by atoms with E-state index in [1.807, 2.05) is 12.1 Å². The van der Waals surface area contributed by atoms with Crippen molar-refractivity contribution in [3.8, 4) is 0 Å². The number of hydrogen-bond acceptors (Lipinski definition) is 5. The second-order valence-electron chi connectivity index (χ2n) is 7.12. The largest absolute Gasteiger partial charge is 0.443 e. The molecule has 0 fully saturated rings. The first-order chi connectivity index (χ1) is 14.0. The summed E-state index contributed by atoms with van der Waals surface area (Å²) in [4.78, 5) is 38.9. The molecule has 6 nitrogen and oxygen atoms in total. The van der Waals surface area contributed by atoms with Crippen molar-refractivity contribution in [2.75, 3.05) is 6.54 Å². The Morgan fingerprint density at radius 1 is 1.21 bits per heavy atom. The molecule has 154 valence electrons. The molecule has 0 saturated heterocycles. The second-order valence-corrected chi connectivity index (χ2v) is 8.26. The minimum absolute atomic E-state index is 0.383. The Bertz CT molecular complexity index is 878. The monoisotopic (exact) mass is 414 g/mol. The van der Waals surface area contributed by atoms with Gasteiger partial charge in [0.2, 0.25) is 6.10 Å². The zero-order valence-corrected chi connectivity index (χ0v) is 17.5. The van der Waals surface area contributed by atoms with E-state index in [2.05, 4.69) is 17.6 Å². The number of fused-ring (bicyclic) bond motifs is 1. The van der Waals surface area contributed by atoms with Crippen LogP contribution in [-0.4, -0.2) is 24.5 Å². The van der Waals surface area contributed by atoms with Gasteiger partial charge in [-0.15, -0.1) is 11.3 Å². The Morgan fingerprint density at radius 2 is 1.97 bits per heavy atom. The van der Waals surface area contributed by atoms with Gasteiger partial charge in [-0.3, -0.25) is 10.1 Å². The molecule has 29 heavy (non-hydrogen) atoms. The maximum Gasteiger partial charge on any atom is 0.349 e. The van der Waals surface area contributed by atoms with Crippen LogP contribution in [0.15, 0.2) is 36.4 Å². The van der Waals surface area contributed by atoms with Gasteiger partial charge in [0.15, 0.2) is 0 Å². The molecule has 0 radical (unpaired) electrons. The zero-order valence-electron chi connectivity index (χ0n) is 16.7. The molecule has 3 amide bonds. The summed E-state index contributed by atoms with van der Waals surface area (Å²) in [7, 11) is 0. The van der Waals surface area contributed by atoms with Crippen molar-refractivity contribution >= 4 is 29.2 Å². The first kappa shape index (κ1) is 21.0. The van der Waals surface area contributed by atoms with Crippen molar-refractivity contribution in [2.24, 2.45) is 5.92 Å². The Morgan fingerprint density at radius 3 is 2.66 bits per heavy atom. The molecule has 1 aromatic heterocycles. The van der Waals surface area contributed by atoms with Crippen molar-refractivity contribution in [1.29, 1.82) is 0 Å². The van der Waals surface area contributed by atoms with Crippen LogP contribution in [0.2, 0.25) is 0 Å². The number of amides is 3. The van der Waals surface area contributed by atoms with E-state index in [4.69, 9.17) is 4.74 Å². The molecular formula is C22H26N2O4S. The van der Waals surface area contributed by atoms with Gasteiger partial charge in [-0.2, -0.15) is 0 Å². The summed E-state index contributed by atoms with van der Waals surface area (Å²) in [5, 5.41) is 4.74. The normalized spacial score (nSPS) is 16.4. The van der Waals surface area contributed by atoms with Gasteiger partial charge in [0.25, 0.3) is 5.91 Å². The number of rotatable bonds is 6. The van der Waals surface area contributed by atoms with E-state index in [9.17, 15) is 14.4 Å². The second kappa shape index (κ2) is 9.69. The van der Waals surface area contributed by atoms with Crippen molar-refractivity contribution < 1.29 is 19.1 Å². The number of hydrogen-bond donors (Lipinski definition) is 2. The maximum atomic E-state index is 12.8. The van der Waals surface area contributed by atoms with Crippen LogP contribution in [0.25, 0.3) is 0 Å². The van der Waals surface area contributed by atoms with Gasteiger partial charge in [0, 0.05) is 17.0 Å². The topological polar surface area (TPSA) is 84.5 Å². The lowest BCUT2D eigenvalue weighted by Gasteiger charge is -2.19. The van der Waals surface area contributed by atoms with E-state index in [-0.39, 0.29) is 0 Å². The molecule has 0 bridgehead atoms. The van der Waals surface area contributed by atoms with Crippen molar-refractivity contribution in [3.05, 3.63) is 57.3 Å². The van der Waals surface area contributed by atoms with Gasteiger partial charge in [-0.05, 0) is 43.7 Å². The van der Waals surface area contributed by atoms with Gasteiger partial charge in [0.1, 0.15) is 4.88 Å². The van der Waals surface area contributed by atoms with Crippen molar-refractivity contribution in [1.82, 2.24) is 10.6 Å². The highest BCUT2D eigenvalue weighted by Gasteiger charge is 2.29. The lowest BCUT2D eigenvalue weighted by atomic mass is 9.87. The summed E-state index contributed by atoms with van der Waals surface area (Å²) < 4.78 is 5.57. The predicted molar refractivity (Wildman–Crippen MR) is 112 cm³/mol. The number of imide groups is 1. The van der Waals surface area contributed by atoms with Crippen molar-refractivity contribution in [2.45, 2.75) is 45.6 Å². The Kier molecular flexibility index (Phi) is 7.04. The number of carbonyl (C=O) groups excluding carboxylic acids is 3. The van der Waals surface area contributed by atoms with Crippen LogP contribution >= 0.6 is 11.3 Å². The molecule has 1 heterocycles. The van der Waals surface area contributed by atoms with Gasteiger partial charge in [-0.1, -0.05) is 43.7 Å². The predicted octanol–water partition coefficient (Wildman–Crippen LogP) is 4.01. The third-order valence-electron chi connectivity index (χ3n) is 5.10. The minimum atomic E-state index is -1.20. The third-order valence-corrected chi connectivity index (χ3v) is 6.32. The Labute approximate surface area is 174 Å². The molecule has 2 N–H and O–H groups in total. The molecular weight excluding hydrogens is 388 g/mol. The van der Waals surface area contributed by atoms with Crippen molar-refractivity contribution in [3.63, 3.8) is 0 Å². The molecule has 2 aromatic rings. The fraction of sp³-hybridized carbons (Fsp3) is 0.409. The van der Waals surface area contributed by atoms with Gasteiger partial charge >= 0.3 is 12.0 Å². The van der Waals surface area contributed by atoms with E-state index in [1.54, 1.807) is 31.2 Å². The number of carbonyl (C=O) groups is 3. The lowest BCUT2D eigenvalue weighted by Crippen LogP contribution is -2.42. The molecule has 1 aromatic carbocycles. The minimum Gasteiger partial charge on any atom is -0.443 e. The van der Waals surface area contributed by atoms with Crippen LogP contribution in [0.4, 0.5) is 4.79 Å². The highest BCUT2D eigenvalue weighted by molar-refractivity contribution is 7.14. The molecule has 0 spiro atoms. The molecule has 1 aliphatic rings. The van der Waals surface area contributed by atoms with Crippen LogP contribution in [0.3, 0.4) is 0 Å². The maximum absolute atomic E-state index is 12.8. The molecule has 2 atom stereocenters. The highest BCUT2D eigenvalue weighted by atomic mass is 32.1. The molecule has 0 aliphatic heterocycles.